The highest BCUT2D eigenvalue weighted by molar-refractivity contribution is 5.98. The van der Waals surface area contributed by atoms with Gasteiger partial charge in [-0.25, -0.2) is 4.79 Å². The van der Waals surface area contributed by atoms with Crippen molar-refractivity contribution < 1.29 is 19.5 Å². The number of hydrogen-bond acceptors (Lipinski definition) is 3. The summed E-state index contributed by atoms with van der Waals surface area (Å²) in [6.07, 6.45) is 0.0981. The predicted octanol–water partition coefficient (Wildman–Crippen LogP) is 0.581. The van der Waals surface area contributed by atoms with Crippen LogP contribution in [-0.4, -0.2) is 28.8 Å². The van der Waals surface area contributed by atoms with Crippen molar-refractivity contribution in [1.82, 2.24) is 5.32 Å². The van der Waals surface area contributed by atoms with E-state index in [1.54, 1.807) is 0 Å². The van der Waals surface area contributed by atoms with E-state index in [0.29, 0.717) is 6.42 Å². The monoisotopic (exact) mass is 215 g/mol. The lowest BCUT2D eigenvalue weighted by atomic mass is 10.0. The van der Waals surface area contributed by atoms with Gasteiger partial charge in [-0.3, -0.25) is 9.59 Å². The molecule has 0 aromatic rings. The maximum Gasteiger partial charge on any atom is 0.326 e. The molecule has 0 aromatic carbocycles. The van der Waals surface area contributed by atoms with E-state index in [2.05, 4.69) is 5.32 Å². The summed E-state index contributed by atoms with van der Waals surface area (Å²) in [5, 5.41) is 11.1. The van der Waals surface area contributed by atoms with Crippen molar-refractivity contribution in [2.24, 2.45) is 5.92 Å². The lowest BCUT2D eigenvalue weighted by molar-refractivity contribution is -0.142. The zero-order valence-corrected chi connectivity index (χ0v) is 9.24. The van der Waals surface area contributed by atoms with E-state index >= 15 is 0 Å². The fourth-order valence-corrected chi connectivity index (χ4v) is 1.16. The van der Waals surface area contributed by atoms with E-state index in [-0.39, 0.29) is 18.1 Å². The van der Waals surface area contributed by atoms with Crippen molar-refractivity contribution in [2.75, 3.05) is 0 Å². The maximum atomic E-state index is 11.2. The topological polar surface area (TPSA) is 83.5 Å². The Labute approximate surface area is 88.9 Å². The number of rotatable bonds is 6. The van der Waals surface area contributed by atoms with E-state index in [1.165, 1.54) is 6.92 Å². The van der Waals surface area contributed by atoms with Crippen LogP contribution in [0.4, 0.5) is 0 Å². The van der Waals surface area contributed by atoms with Crippen molar-refractivity contribution in [3.63, 3.8) is 0 Å². The minimum absolute atomic E-state index is 0.170. The Balaban J connectivity index is 4.22. The highest BCUT2D eigenvalue weighted by Gasteiger charge is 2.21. The molecule has 86 valence electrons. The molecule has 2 N–H and O–H groups in total. The van der Waals surface area contributed by atoms with Crippen LogP contribution in [0.5, 0.6) is 0 Å². The SMILES string of the molecule is CC(=O)CC(=O)N[C@H](CC(C)C)C(=O)O. The highest BCUT2D eigenvalue weighted by Crippen LogP contribution is 2.05. The van der Waals surface area contributed by atoms with Crippen LogP contribution in [0.1, 0.15) is 33.6 Å². The minimum atomic E-state index is -1.07. The number of carboxylic acids is 1. The summed E-state index contributed by atoms with van der Waals surface area (Å²) in [5.74, 6) is -1.71. The van der Waals surface area contributed by atoms with Gasteiger partial charge in [0.15, 0.2) is 0 Å². The van der Waals surface area contributed by atoms with Crippen molar-refractivity contribution >= 4 is 17.7 Å². The van der Waals surface area contributed by atoms with Gasteiger partial charge in [0.25, 0.3) is 0 Å². The van der Waals surface area contributed by atoms with Gasteiger partial charge in [-0.2, -0.15) is 0 Å². The molecule has 0 radical (unpaired) electrons. The van der Waals surface area contributed by atoms with Gasteiger partial charge in [-0.1, -0.05) is 13.8 Å². The van der Waals surface area contributed by atoms with E-state index in [0.717, 1.165) is 0 Å². The molecule has 0 aliphatic rings. The molecule has 15 heavy (non-hydrogen) atoms. The van der Waals surface area contributed by atoms with E-state index < -0.39 is 17.9 Å². The molecule has 0 bridgehead atoms. The lowest BCUT2D eigenvalue weighted by Gasteiger charge is -2.15. The fourth-order valence-electron chi connectivity index (χ4n) is 1.16. The van der Waals surface area contributed by atoms with Crippen molar-refractivity contribution in [3.05, 3.63) is 0 Å². The Hall–Kier alpha value is -1.39. The molecule has 1 amide bonds. The summed E-state index contributed by atoms with van der Waals surface area (Å²) in [6.45, 7) is 5.03. The Morgan fingerprint density at radius 3 is 2.13 bits per heavy atom. The quantitative estimate of drug-likeness (QED) is 0.635. The van der Waals surface area contributed by atoms with Crippen LogP contribution in [0.15, 0.2) is 0 Å². The third kappa shape index (κ3) is 6.65. The van der Waals surface area contributed by atoms with Gasteiger partial charge >= 0.3 is 5.97 Å². The van der Waals surface area contributed by atoms with E-state index in [1.807, 2.05) is 13.8 Å². The second kappa shape index (κ2) is 6.16. The fraction of sp³-hybridized carbons (Fsp3) is 0.700. The molecule has 0 heterocycles. The number of carbonyl (C=O) groups is 3. The molecule has 0 rings (SSSR count). The average Bonchev–Trinajstić information content (AvgIpc) is 1.99. The molecule has 0 saturated carbocycles. The largest absolute Gasteiger partial charge is 0.480 e. The first kappa shape index (κ1) is 13.6. The summed E-state index contributed by atoms with van der Waals surface area (Å²) >= 11 is 0. The van der Waals surface area contributed by atoms with Gasteiger partial charge < -0.3 is 10.4 Å². The maximum absolute atomic E-state index is 11.2. The van der Waals surface area contributed by atoms with Crippen molar-refractivity contribution in [3.8, 4) is 0 Å². The third-order valence-electron chi connectivity index (χ3n) is 1.75. The number of amides is 1. The Kier molecular flexibility index (Phi) is 5.59. The van der Waals surface area contributed by atoms with Crippen LogP contribution in [-0.2, 0) is 14.4 Å². The number of carboxylic acid groups (broad SMARTS) is 1. The summed E-state index contributed by atoms with van der Waals surface area (Å²) in [6, 6.07) is -0.906. The third-order valence-corrected chi connectivity index (χ3v) is 1.75. The van der Waals surface area contributed by atoms with Gasteiger partial charge in [-0.05, 0) is 19.3 Å². The molecule has 1 atom stereocenters. The van der Waals surface area contributed by atoms with Crippen LogP contribution in [0, 0.1) is 5.92 Å². The minimum Gasteiger partial charge on any atom is -0.480 e. The normalized spacial score (nSPS) is 12.3. The Morgan fingerprint density at radius 2 is 1.80 bits per heavy atom. The number of nitrogens with one attached hydrogen (secondary N) is 1. The molecule has 0 fully saturated rings. The van der Waals surface area contributed by atoms with Crippen LogP contribution in [0.2, 0.25) is 0 Å². The smallest absolute Gasteiger partial charge is 0.326 e. The van der Waals surface area contributed by atoms with Crippen LogP contribution in [0.3, 0.4) is 0 Å². The summed E-state index contributed by atoms with van der Waals surface area (Å²) < 4.78 is 0. The molecule has 0 spiro atoms. The van der Waals surface area contributed by atoms with Gasteiger partial charge in [0.2, 0.25) is 5.91 Å². The molecule has 0 aliphatic heterocycles. The molecule has 5 heteroatoms. The Bertz CT molecular complexity index is 260. The summed E-state index contributed by atoms with van der Waals surface area (Å²) in [7, 11) is 0. The molecule has 0 aromatic heterocycles. The predicted molar refractivity (Wildman–Crippen MR) is 54.3 cm³/mol. The number of hydrogen-bond donors (Lipinski definition) is 2. The van der Waals surface area contributed by atoms with Gasteiger partial charge in [0.1, 0.15) is 11.8 Å². The molecular weight excluding hydrogens is 198 g/mol. The number of aliphatic carboxylic acids is 1. The zero-order chi connectivity index (χ0) is 12.0. The second-order valence-corrected chi connectivity index (χ2v) is 3.97. The first-order valence-corrected chi connectivity index (χ1v) is 4.84. The van der Waals surface area contributed by atoms with Crippen LogP contribution in [0.25, 0.3) is 0 Å². The van der Waals surface area contributed by atoms with Crippen molar-refractivity contribution in [2.45, 2.75) is 39.7 Å². The number of ketones is 1. The highest BCUT2D eigenvalue weighted by atomic mass is 16.4. The van der Waals surface area contributed by atoms with Crippen LogP contribution >= 0.6 is 0 Å². The number of carbonyl (C=O) groups excluding carboxylic acids is 2. The molecular formula is C10H17NO4. The average molecular weight is 215 g/mol. The molecule has 0 saturated heterocycles. The van der Waals surface area contributed by atoms with Gasteiger partial charge in [0.05, 0.1) is 6.42 Å². The molecule has 0 aliphatic carbocycles. The van der Waals surface area contributed by atoms with E-state index in [4.69, 9.17) is 5.11 Å². The molecule has 0 unspecified atom stereocenters. The van der Waals surface area contributed by atoms with Crippen molar-refractivity contribution in [1.29, 1.82) is 0 Å². The number of Topliss-reactive ketones (excluding diaryl/α,β-unsaturated/α-hetero) is 1. The standard InChI is InChI=1S/C10H17NO4/c1-6(2)4-8(10(14)15)11-9(13)5-7(3)12/h6,8H,4-5H2,1-3H3,(H,11,13)(H,14,15)/t8-/m1/s1. The van der Waals surface area contributed by atoms with E-state index in [9.17, 15) is 14.4 Å². The lowest BCUT2D eigenvalue weighted by Crippen LogP contribution is -2.42. The van der Waals surface area contributed by atoms with Gasteiger partial charge in [0, 0.05) is 0 Å². The van der Waals surface area contributed by atoms with Crippen LogP contribution < -0.4 is 5.32 Å². The Morgan fingerprint density at radius 1 is 1.27 bits per heavy atom. The zero-order valence-electron chi connectivity index (χ0n) is 9.24. The molecule has 5 nitrogen and oxygen atoms in total. The second-order valence-electron chi connectivity index (χ2n) is 3.97. The first-order chi connectivity index (χ1) is 6.82. The first-order valence-electron chi connectivity index (χ1n) is 4.84. The summed E-state index contributed by atoms with van der Waals surface area (Å²) in [4.78, 5) is 32.5. The van der Waals surface area contributed by atoms with Gasteiger partial charge in [-0.15, -0.1) is 0 Å². The summed E-state index contributed by atoms with van der Waals surface area (Å²) in [5.41, 5.74) is 0.